The smallest absolute Gasteiger partial charge is 0.233 e. The zero-order valence-electron chi connectivity index (χ0n) is 15.4. The Morgan fingerprint density at radius 1 is 0.962 bits per heavy atom. The van der Waals surface area contributed by atoms with E-state index in [1.54, 1.807) is 18.2 Å². The van der Waals surface area contributed by atoms with Gasteiger partial charge in [-0.1, -0.05) is 51.1 Å². The summed E-state index contributed by atoms with van der Waals surface area (Å²) in [7, 11) is 0. The Balaban J connectivity index is 1.76. The quantitative estimate of drug-likeness (QED) is 0.773. The van der Waals surface area contributed by atoms with Crippen molar-refractivity contribution < 1.29 is 14.0 Å². The van der Waals surface area contributed by atoms with Crippen LogP contribution >= 0.6 is 0 Å². The van der Waals surface area contributed by atoms with E-state index < -0.39 is 0 Å². The fourth-order valence-corrected chi connectivity index (χ4v) is 2.50. The molecule has 0 unspecified atom stereocenters. The SMILES string of the molecule is CC(C)(C)c1ccc(NC(=O)CC(=O)NCCc2ccccc2F)cc1. The maximum absolute atomic E-state index is 13.5. The van der Waals surface area contributed by atoms with Crippen LogP contribution in [0.3, 0.4) is 0 Å². The molecule has 5 heteroatoms. The zero-order chi connectivity index (χ0) is 19.2. The summed E-state index contributed by atoms with van der Waals surface area (Å²) in [5.74, 6) is -1.06. The van der Waals surface area contributed by atoms with Gasteiger partial charge in [0.1, 0.15) is 12.2 Å². The molecule has 0 atom stereocenters. The highest BCUT2D eigenvalue weighted by Gasteiger charge is 2.14. The first-order chi connectivity index (χ1) is 12.3. The molecule has 0 saturated heterocycles. The average molecular weight is 356 g/mol. The van der Waals surface area contributed by atoms with Crippen LogP contribution in [-0.4, -0.2) is 18.4 Å². The highest BCUT2D eigenvalue weighted by Crippen LogP contribution is 2.23. The van der Waals surface area contributed by atoms with Crippen molar-refractivity contribution in [3.63, 3.8) is 0 Å². The number of anilines is 1. The Morgan fingerprint density at radius 3 is 2.23 bits per heavy atom. The van der Waals surface area contributed by atoms with Crippen molar-refractivity contribution in [2.24, 2.45) is 0 Å². The van der Waals surface area contributed by atoms with Gasteiger partial charge in [0.15, 0.2) is 0 Å². The zero-order valence-corrected chi connectivity index (χ0v) is 15.4. The van der Waals surface area contributed by atoms with Gasteiger partial charge in [0.2, 0.25) is 11.8 Å². The van der Waals surface area contributed by atoms with Crippen LogP contribution in [0.1, 0.15) is 38.3 Å². The summed E-state index contributed by atoms with van der Waals surface area (Å²) in [6, 6.07) is 14.0. The highest BCUT2D eigenvalue weighted by atomic mass is 19.1. The normalized spacial score (nSPS) is 11.1. The number of hydrogen-bond acceptors (Lipinski definition) is 2. The third-order valence-corrected chi connectivity index (χ3v) is 4.03. The highest BCUT2D eigenvalue weighted by molar-refractivity contribution is 6.03. The van der Waals surface area contributed by atoms with Gasteiger partial charge in [-0.25, -0.2) is 4.39 Å². The average Bonchev–Trinajstić information content (AvgIpc) is 2.56. The van der Waals surface area contributed by atoms with E-state index in [0.29, 0.717) is 17.7 Å². The van der Waals surface area contributed by atoms with Crippen molar-refractivity contribution in [2.45, 2.75) is 39.0 Å². The van der Waals surface area contributed by atoms with E-state index in [2.05, 4.69) is 31.4 Å². The minimum absolute atomic E-state index is 0.0423. The van der Waals surface area contributed by atoms with Crippen LogP contribution in [0.4, 0.5) is 10.1 Å². The Kier molecular flexibility index (Phi) is 6.50. The Bertz CT molecular complexity index is 764. The molecule has 0 aliphatic rings. The van der Waals surface area contributed by atoms with Gasteiger partial charge in [0.25, 0.3) is 0 Å². The molecule has 0 spiro atoms. The van der Waals surface area contributed by atoms with Gasteiger partial charge in [-0.05, 0) is 41.2 Å². The first-order valence-electron chi connectivity index (χ1n) is 8.66. The van der Waals surface area contributed by atoms with Crippen molar-refractivity contribution >= 4 is 17.5 Å². The third kappa shape index (κ3) is 5.99. The molecule has 2 N–H and O–H groups in total. The molecule has 0 bridgehead atoms. The fourth-order valence-electron chi connectivity index (χ4n) is 2.50. The van der Waals surface area contributed by atoms with Gasteiger partial charge < -0.3 is 10.6 Å². The van der Waals surface area contributed by atoms with Crippen LogP contribution in [0.25, 0.3) is 0 Å². The lowest BCUT2D eigenvalue weighted by Gasteiger charge is -2.19. The summed E-state index contributed by atoms with van der Waals surface area (Å²) in [6.07, 6.45) is 0.118. The summed E-state index contributed by atoms with van der Waals surface area (Å²) in [6.45, 7) is 6.64. The number of benzene rings is 2. The topological polar surface area (TPSA) is 58.2 Å². The lowest BCUT2D eigenvalue weighted by Crippen LogP contribution is -2.29. The van der Waals surface area contributed by atoms with E-state index in [-0.39, 0.29) is 36.0 Å². The Hall–Kier alpha value is -2.69. The first kappa shape index (κ1) is 19.6. The molecule has 4 nitrogen and oxygen atoms in total. The monoisotopic (exact) mass is 356 g/mol. The second-order valence-corrected chi connectivity index (χ2v) is 7.24. The van der Waals surface area contributed by atoms with Crippen LogP contribution in [0.2, 0.25) is 0 Å². The van der Waals surface area contributed by atoms with Gasteiger partial charge in [-0.3, -0.25) is 9.59 Å². The summed E-state index contributed by atoms with van der Waals surface area (Å²) in [4.78, 5) is 23.8. The maximum atomic E-state index is 13.5. The molecule has 26 heavy (non-hydrogen) atoms. The molecule has 2 rings (SSSR count). The molecular weight excluding hydrogens is 331 g/mol. The van der Waals surface area contributed by atoms with Crippen molar-refractivity contribution in [2.75, 3.05) is 11.9 Å². The van der Waals surface area contributed by atoms with E-state index >= 15 is 0 Å². The minimum atomic E-state index is -0.384. The molecule has 2 aromatic rings. The predicted octanol–water partition coefficient (Wildman–Crippen LogP) is 3.81. The predicted molar refractivity (Wildman–Crippen MR) is 102 cm³/mol. The molecule has 0 aromatic heterocycles. The van der Waals surface area contributed by atoms with Crippen molar-refractivity contribution in [1.82, 2.24) is 5.32 Å². The first-order valence-corrected chi connectivity index (χ1v) is 8.66. The van der Waals surface area contributed by atoms with E-state index in [1.807, 2.05) is 24.3 Å². The second-order valence-electron chi connectivity index (χ2n) is 7.24. The molecule has 138 valence electrons. The lowest BCUT2D eigenvalue weighted by atomic mass is 9.87. The molecule has 0 fully saturated rings. The van der Waals surface area contributed by atoms with Crippen molar-refractivity contribution in [3.05, 3.63) is 65.5 Å². The van der Waals surface area contributed by atoms with Crippen molar-refractivity contribution in [1.29, 1.82) is 0 Å². The van der Waals surface area contributed by atoms with Crippen molar-refractivity contribution in [3.8, 4) is 0 Å². The van der Waals surface area contributed by atoms with Crippen LogP contribution in [0.5, 0.6) is 0 Å². The number of carbonyl (C=O) groups excluding carboxylic acids is 2. The maximum Gasteiger partial charge on any atom is 0.233 e. The molecule has 0 aliphatic carbocycles. The van der Waals surface area contributed by atoms with E-state index in [9.17, 15) is 14.0 Å². The number of halogens is 1. The number of hydrogen-bond donors (Lipinski definition) is 2. The Labute approximate surface area is 153 Å². The summed E-state index contributed by atoms with van der Waals surface area (Å²) < 4.78 is 13.5. The van der Waals surface area contributed by atoms with Crippen LogP contribution in [0.15, 0.2) is 48.5 Å². The Morgan fingerprint density at radius 2 is 1.62 bits per heavy atom. The minimum Gasteiger partial charge on any atom is -0.355 e. The van der Waals surface area contributed by atoms with Crippen LogP contribution < -0.4 is 10.6 Å². The molecule has 0 radical (unpaired) electrons. The van der Waals surface area contributed by atoms with Gasteiger partial charge in [0, 0.05) is 12.2 Å². The van der Waals surface area contributed by atoms with E-state index in [1.165, 1.54) is 11.6 Å². The van der Waals surface area contributed by atoms with Crippen LogP contribution in [-0.2, 0) is 21.4 Å². The largest absolute Gasteiger partial charge is 0.355 e. The number of rotatable bonds is 6. The second kappa shape index (κ2) is 8.61. The van der Waals surface area contributed by atoms with Gasteiger partial charge in [0.05, 0.1) is 0 Å². The standard InChI is InChI=1S/C21H25FN2O2/c1-21(2,3)16-8-10-17(11-9-16)24-20(26)14-19(25)23-13-12-15-6-4-5-7-18(15)22/h4-11H,12-14H2,1-3H3,(H,23,25)(H,24,26). The fraction of sp³-hybridized carbons (Fsp3) is 0.333. The van der Waals surface area contributed by atoms with Crippen LogP contribution in [0, 0.1) is 5.82 Å². The van der Waals surface area contributed by atoms with Gasteiger partial charge in [-0.2, -0.15) is 0 Å². The van der Waals surface area contributed by atoms with Gasteiger partial charge in [-0.15, -0.1) is 0 Å². The molecule has 0 aliphatic heterocycles. The van der Waals surface area contributed by atoms with E-state index in [0.717, 1.165) is 0 Å². The molecule has 0 heterocycles. The summed E-state index contributed by atoms with van der Waals surface area (Å²) in [5.41, 5.74) is 2.40. The third-order valence-electron chi connectivity index (χ3n) is 4.03. The molecule has 0 saturated carbocycles. The number of carbonyl (C=O) groups is 2. The molecule has 2 aromatic carbocycles. The summed E-state index contributed by atoms with van der Waals surface area (Å²) >= 11 is 0. The lowest BCUT2D eigenvalue weighted by molar-refractivity contribution is -0.126. The summed E-state index contributed by atoms with van der Waals surface area (Å²) in [5, 5.41) is 5.35. The molecule has 2 amide bonds. The van der Waals surface area contributed by atoms with E-state index in [4.69, 9.17) is 0 Å². The number of nitrogens with one attached hydrogen (secondary N) is 2. The molecular formula is C21H25FN2O2. The van der Waals surface area contributed by atoms with Gasteiger partial charge >= 0.3 is 0 Å². The number of amides is 2.